The summed E-state index contributed by atoms with van der Waals surface area (Å²) in [5.74, 6) is 2.04. The quantitative estimate of drug-likeness (QED) is 0.311. The number of unbranched alkanes of at least 4 members (excludes halogenated alkanes) is 2. The average molecular weight is 511 g/mol. The second-order valence-electron chi connectivity index (χ2n) is 9.74. The lowest BCUT2D eigenvalue weighted by Gasteiger charge is -2.29. The van der Waals surface area contributed by atoms with Crippen molar-refractivity contribution in [1.82, 2.24) is 10.2 Å². The number of nitrogens with zero attached hydrogens (tertiary/aromatic N) is 1. The molecule has 0 aliphatic carbocycles. The first-order valence-electron chi connectivity index (χ1n) is 13.3. The van der Waals surface area contributed by atoms with E-state index in [2.05, 4.69) is 10.2 Å². The zero-order valence-corrected chi connectivity index (χ0v) is 21.6. The summed E-state index contributed by atoms with van der Waals surface area (Å²) in [6.07, 6.45) is 4.44. The fraction of sp³-hybridized carbons (Fsp3) is 0.517. The molecule has 0 unspecified atom stereocenters. The predicted octanol–water partition coefficient (Wildman–Crippen LogP) is 3.91. The van der Waals surface area contributed by atoms with Crippen LogP contribution in [0.1, 0.15) is 67.0 Å². The molecular formula is C29H38N2O6. The van der Waals surface area contributed by atoms with E-state index in [0.29, 0.717) is 61.6 Å². The Bertz CT molecular complexity index is 1040. The topological polar surface area (TPSA) is 97.3 Å². The number of rotatable bonds is 13. The first-order valence-corrected chi connectivity index (χ1v) is 13.3. The van der Waals surface area contributed by atoms with Gasteiger partial charge in [0.15, 0.2) is 17.3 Å². The van der Waals surface area contributed by atoms with Gasteiger partial charge in [-0.2, -0.15) is 0 Å². The molecule has 2 atom stereocenters. The van der Waals surface area contributed by atoms with Gasteiger partial charge in [0.25, 0.3) is 0 Å². The molecule has 4 rings (SSSR count). The Labute approximate surface area is 218 Å². The maximum Gasteiger partial charge on any atom is 0.220 e. The number of aliphatic hydroxyl groups is 1. The minimum atomic E-state index is -0.859. The van der Waals surface area contributed by atoms with Crippen LogP contribution in [0.25, 0.3) is 0 Å². The molecule has 2 aromatic carbocycles. The Morgan fingerprint density at radius 2 is 1.68 bits per heavy atom. The van der Waals surface area contributed by atoms with Gasteiger partial charge in [0.2, 0.25) is 5.91 Å². The van der Waals surface area contributed by atoms with Gasteiger partial charge in [0.05, 0.1) is 13.2 Å². The van der Waals surface area contributed by atoms with Gasteiger partial charge in [0, 0.05) is 24.9 Å². The Balaban J connectivity index is 1.26. The molecule has 37 heavy (non-hydrogen) atoms. The average Bonchev–Trinajstić information content (AvgIpc) is 3.45. The smallest absolute Gasteiger partial charge is 0.220 e. The Morgan fingerprint density at radius 1 is 0.973 bits per heavy atom. The molecule has 0 radical (unpaired) electrons. The monoisotopic (exact) mass is 510 g/mol. The molecule has 8 nitrogen and oxygen atoms in total. The molecule has 0 spiro atoms. The second-order valence-corrected chi connectivity index (χ2v) is 9.74. The molecule has 0 aromatic heterocycles. The van der Waals surface area contributed by atoms with Gasteiger partial charge in [-0.15, -0.1) is 0 Å². The number of methoxy groups -OCH3 is 1. The molecule has 2 heterocycles. The number of hydrogen-bond acceptors (Lipinski definition) is 7. The van der Waals surface area contributed by atoms with Crippen molar-refractivity contribution in [2.24, 2.45) is 0 Å². The highest BCUT2D eigenvalue weighted by Crippen LogP contribution is 2.33. The highest BCUT2D eigenvalue weighted by atomic mass is 16.6. The van der Waals surface area contributed by atoms with E-state index in [1.165, 1.54) is 0 Å². The Morgan fingerprint density at radius 3 is 2.41 bits per heavy atom. The molecule has 2 aliphatic heterocycles. The molecule has 8 heteroatoms. The van der Waals surface area contributed by atoms with E-state index in [9.17, 15) is 14.7 Å². The van der Waals surface area contributed by atoms with Crippen LogP contribution in [0.4, 0.5) is 0 Å². The standard InChI is InChI=1S/C29H38N2O6/c1-35-23-12-9-21(10-13-23)25(32)7-3-2-4-8-28(33)30-24(20-31-15-5-6-16-31)29(34)22-11-14-26-27(19-22)37-18-17-36-26/h9-14,19,24,29,34H,2-8,15-18,20H2,1H3,(H,30,33)/t24-,29-/m1/s1. The van der Waals surface area contributed by atoms with E-state index in [1.54, 1.807) is 31.4 Å². The first kappa shape index (κ1) is 26.9. The molecule has 0 bridgehead atoms. The molecular weight excluding hydrogens is 472 g/mol. The van der Waals surface area contributed by atoms with Crippen molar-refractivity contribution >= 4 is 11.7 Å². The number of fused-ring (bicyclic) bond motifs is 1. The third-order valence-corrected chi connectivity index (χ3v) is 7.01. The van der Waals surface area contributed by atoms with Gasteiger partial charge in [-0.1, -0.05) is 12.5 Å². The predicted molar refractivity (Wildman–Crippen MR) is 140 cm³/mol. The lowest BCUT2D eigenvalue weighted by molar-refractivity contribution is -0.123. The van der Waals surface area contributed by atoms with Gasteiger partial charge in [-0.3, -0.25) is 9.59 Å². The van der Waals surface area contributed by atoms with Crippen molar-refractivity contribution in [3.63, 3.8) is 0 Å². The van der Waals surface area contributed by atoms with E-state index in [-0.39, 0.29) is 11.7 Å². The number of carbonyl (C=O) groups is 2. The lowest BCUT2D eigenvalue weighted by atomic mass is 10.00. The third-order valence-electron chi connectivity index (χ3n) is 7.01. The minimum absolute atomic E-state index is 0.0812. The summed E-state index contributed by atoms with van der Waals surface area (Å²) >= 11 is 0. The maximum absolute atomic E-state index is 12.8. The summed E-state index contributed by atoms with van der Waals surface area (Å²) in [7, 11) is 1.60. The summed E-state index contributed by atoms with van der Waals surface area (Å²) < 4.78 is 16.4. The molecule has 1 fully saturated rings. The van der Waals surface area contributed by atoms with Crippen LogP contribution in [-0.4, -0.2) is 67.7 Å². The summed E-state index contributed by atoms with van der Waals surface area (Å²) in [5.41, 5.74) is 1.38. The van der Waals surface area contributed by atoms with E-state index < -0.39 is 12.1 Å². The van der Waals surface area contributed by atoms with Crippen molar-refractivity contribution < 1.29 is 28.9 Å². The van der Waals surface area contributed by atoms with Gasteiger partial charge in [0.1, 0.15) is 25.1 Å². The van der Waals surface area contributed by atoms with Crippen molar-refractivity contribution in [3.8, 4) is 17.2 Å². The third kappa shape index (κ3) is 7.69. The highest BCUT2D eigenvalue weighted by molar-refractivity contribution is 5.96. The molecule has 1 amide bonds. The fourth-order valence-corrected chi connectivity index (χ4v) is 4.89. The molecule has 2 aliphatic rings. The normalized spacial score (nSPS) is 16.7. The van der Waals surface area contributed by atoms with Crippen molar-refractivity contribution in [2.75, 3.05) is 40.0 Å². The van der Waals surface area contributed by atoms with Crippen LogP contribution >= 0.6 is 0 Å². The van der Waals surface area contributed by atoms with Crippen LogP contribution in [0.2, 0.25) is 0 Å². The summed E-state index contributed by atoms with van der Waals surface area (Å²) in [6, 6.07) is 12.2. The second kappa shape index (κ2) is 13.4. The molecule has 2 aromatic rings. The van der Waals surface area contributed by atoms with Crippen LogP contribution in [-0.2, 0) is 4.79 Å². The SMILES string of the molecule is COc1ccc(C(=O)CCCCCC(=O)N[C@H](CN2CCCC2)[C@H](O)c2ccc3c(c2)OCCO3)cc1. The number of Topliss-reactive ketones (excluding diaryl/α,β-unsaturated/α-hetero) is 1. The number of ether oxygens (including phenoxy) is 3. The van der Waals surface area contributed by atoms with Crippen LogP contribution in [0, 0.1) is 0 Å². The van der Waals surface area contributed by atoms with Crippen molar-refractivity contribution in [1.29, 1.82) is 0 Å². The van der Waals surface area contributed by atoms with E-state index in [4.69, 9.17) is 14.2 Å². The maximum atomic E-state index is 12.8. The molecule has 2 N–H and O–H groups in total. The molecule has 0 saturated carbocycles. The van der Waals surface area contributed by atoms with Crippen LogP contribution < -0.4 is 19.5 Å². The van der Waals surface area contributed by atoms with E-state index in [0.717, 1.165) is 44.5 Å². The van der Waals surface area contributed by atoms with Crippen molar-refractivity contribution in [3.05, 3.63) is 53.6 Å². The summed E-state index contributed by atoms with van der Waals surface area (Å²) in [5, 5.41) is 14.3. The highest BCUT2D eigenvalue weighted by Gasteiger charge is 2.27. The largest absolute Gasteiger partial charge is 0.497 e. The summed E-state index contributed by atoms with van der Waals surface area (Å²) in [4.78, 5) is 27.5. The fourth-order valence-electron chi connectivity index (χ4n) is 4.89. The van der Waals surface area contributed by atoms with Crippen LogP contribution in [0.15, 0.2) is 42.5 Å². The first-order chi connectivity index (χ1) is 18.0. The zero-order chi connectivity index (χ0) is 26.0. The number of carbonyl (C=O) groups excluding carboxylic acids is 2. The zero-order valence-electron chi connectivity index (χ0n) is 21.6. The Hall–Kier alpha value is -3.10. The van der Waals surface area contributed by atoms with Crippen molar-refractivity contribution in [2.45, 2.75) is 57.1 Å². The summed E-state index contributed by atoms with van der Waals surface area (Å²) in [6.45, 7) is 3.53. The molecule has 1 saturated heterocycles. The van der Waals surface area contributed by atoms with Gasteiger partial charge >= 0.3 is 0 Å². The number of aliphatic hydroxyl groups excluding tert-OH is 1. The number of ketones is 1. The molecule has 200 valence electrons. The number of amides is 1. The number of hydrogen-bond donors (Lipinski definition) is 2. The van der Waals surface area contributed by atoms with Gasteiger partial charge < -0.3 is 29.5 Å². The van der Waals surface area contributed by atoms with E-state index in [1.807, 2.05) is 18.2 Å². The number of likely N-dealkylation sites (tertiary alicyclic amines) is 1. The van der Waals surface area contributed by atoms with Crippen LogP contribution in [0.3, 0.4) is 0 Å². The van der Waals surface area contributed by atoms with Gasteiger partial charge in [-0.25, -0.2) is 0 Å². The Kier molecular flexibility index (Phi) is 9.79. The van der Waals surface area contributed by atoms with Crippen LogP contribution in [0.5, 0.6) is 17.2 Å². The number of nitrogens with one attached hydrogen (secondary N) is 1. The number of benzene rings is 2. The minimum Gasteiger partial charge on any atom is -0.497 e. The van der Waals surface area contributed by atoms with Gasteiger partial charge in [-0.05, 0) is 80.7 Å². The van der Waals surface area contributed by atoms with E-state index >= 15 is 0 Å². The lowest BCUT2D eigenvalue weighted by Crippen LogP contribution is -2.46.